The minimum absolute atomic E-state index is 0.0435. The number of nitrogens with one attached hydrogen (secondary N) is 2. The smallest absolute Gasteiger partial charge is 0.408 e. The fourth-order valence-corrected chi connectivity index (χ4v) is 5.62. The predicted octanol–water partition coefficient (Wildman–Crippen LogP) is 2.88. The summed E-state index contributed by atoms with van der Waals surface area (Å²) in [5.41, 5.74) is 0.587. The molecule has 7 atom stereocenters. The Morgan fingerprint density at radius 1 is 1.25 bits per heavy atom. The van der Waals surface area contributed by atoms with Crippen LogP contribution in [0.1, 0.15) is 60.3 Å². The van der Waals surface area contributed by atoms with Crippen LogP contribution in [0.5, 0.6) is 0 Å². The maximum Gasteiger partial charge on any atom is 0.408 e. The lowest BCUT2D eigenvalue weighted by Gasteiger charge is -2.42. The van der Waals surface area contributed by atoms with E-state index < -0.39 is 23.8 Å². The SMILES string of the molecule is CO[C@@H]1[C@H](OC(=O)N[C@@H](C(=O)NCCCN(C)C)C(C)C)CC[C@]2(CO2)[C@H]1[C@]1(C)O[C@@H]1CC=C(C)C. The number of carbonyl (C=O) groups is 2. The number of methoxy groups -OCH3 is 1. The van der Waals surface area contributed by atoms with E-state index in [1.165, 1.54) is 5.57 Å². The van der Waals surface area contributed by atoms with Gasteiger partial charge in [0, 0.05) is 13.7 Å². The second kappa shape index (κ2) is 11.8. The molecule has 36 heavy (non-hydrogen) atoms. The zero-order valence-corrected chi connectivity index (χ0v) is 23.4. The van der Waals surface area contributed by atoms with Crippen molar-refractivity contribution in [3.8, 4) is 0 Å². The van der Waals surface area contributed by atoms with Crippen LogP contribution in [0.25, 0.3) is 0 Å². The molecule has 9 heteroatoms. The Balaban J connectivity index is 1.62. The zero-order chi connectivity index (χ0) is 26.7. The van der Waals surface area contributed by atoms with E-state index in [-0.39, 0.29) is 35.6 Å². The van der Waals surface area contributed by atoms with Gasteiger partial charge >= 0.3 is 6.09 Å². The number of ether oxygens (including phenoxy) is 4. The summed E-state index contributed by atoms with van der Waals surface area (Å²) < 4.78 is 24.1. The van der Waals surface area contributed by atoms with E-state index in [9.17, 15) is 9.59 Å². The van der Waals surface area contributed by atoms with Crippen molar-refractivity contribution in [3.63, 3.8) is 0 Å². The molecule has 1 saturated carbocycles. The second-order valence-corrected chi connectivity index (χ2v) is 11.6. The topological polar surface area (TPSA) is 105 Å². The lowest BCUT2D eigenvalue weighted by molar-refractivity contribution is -0.125. The summed E-state index contributed by atoms with van der Waals surface area (Å²) in [7, 11) is 5.65. The van der Waals surface area contributed by atoms with Crippen molar-refractivity contribution < 1.29 is 28.5 Å². The molecule has 1 spiro atoms. The molecule has 2 heterocycles. The van der Waals surface area contributed by atoms with E-state index in [0.29, 0.717) is 19.6 Å². The predicted molar refractivity (Wildman–Crippen MR) is 138 cm³/mol. The number of nitrogens with zero attached hydrogens (tertiary/aromatic N) is 1. The molecule has 3 aliphatic rings. The number of rotatable bonds is 12. The lowest BCUT2D eigenvalue weighted by Crippen LogP contribution is -2.57. The Kier molecular flexibility index (Phi) is 9.46. The highest BCUT2D eigenvalue weighted by Crippen LogP contribution is 2.59. The van der Waals surface area contributed by atoms with E-state index in [1.807, 2.05) is 27.9 Å². The van der Waals surface area contributed by atoms with Gasteiger partial charge in [0.15, 0.2) is 0 Å². The molecule has 0 aromatic rings. The van der Waals surface area contributed by atoms with E-state index in [4.69, 9.17) is 18.9 Å². The molecule has 0 unspecified atom stereocenters. The largest absolute Gasteiger partial charge is 0.443 e. The molecule has 0 radical (unpaired) electrons. The van der Waals surface area contributed by atoms with E-state index in [2.05, 4.69) is 42.4 Å². The summed E-state index contributed by atoms with van der Waals surface area (Å²) in [5, 5.41) is 5.72. The molecule has 2 saturated heterocycles. The first-order valence-corrected chi connectivity index (χ1v) is 13.3. The van der Waals surface area contributed by atoms with Gasteiger partial charge < -0.3 is 34.5 Å². The molecular formula is C27H47N3O6. The molecule has 0 aromatic heterocycles. The van der Waals surface area contributed by atoms with Crippen molar-refractivity contribution in [2.75, 3.05) is 40.9 Å². The average Bonchev–Trinajstić information content (AvgIpc) is 3.71. The van der Waals surface area contributed by atoms with Crippen molar-refractivity contribution in [2.45, 2.75) is 95.9 Å². The van der Waals surface area contributed by atoms with Crippen LogP contribution in [0.15, 0.2) is 11.6 Å². The molecule has 2 aliphatic heterocycles. The van der Waals surface area contributed by atoms with Crippen molar-refractivity contribution in [2.24, 2.45) is 11.8 Å². The van der Waals surface area contributed by atoms with Crippen LogP contribution in [0.4, 0.5) is 4.79 Å². The monoisotopic (exact) mass is 509 g/mol. The van der Waals surface area contributed by atoms with Gasteiger partial charge in [0.25, 0.3) is 0 Å². The summed E-state index contributed by atoms with van der Waals surface area (Å²) >= 11 is 0. The maximum atomic E-state index is 13.0. The molecule has 1 aliphatic carbocycles. The molecule has 0 aromatic carbocycles. The summed E-state index contributed by atoms with van der Waals surface area (Å²) in [6, 6.07) is -0.673. The van der Waals surface area contributed by atoms with Crippen LogP contribution in [0, 0.1) is 11.8 Å². The van der Waals surface area contributed by atoms with E-state index in [1.54, 1.807) is 7.11 Å². The van der Waals surface area contributed by atoms with Gasteiger partial charge in [-0.05, 0) is 73.0 Å². The lowest BCUT2D eigenvalue weighted by atomic mass is 9.68. The summed E-state index contributed by atoms with van der Waals surface area (Å²) in [6.45, 7) is 12.2. The van der Waals surface area contributed by atoms with Gasteiger partial charge in [-0.25, -0.2) is 4.79 Å². The van der Waals surface area contributed by atoms with Gasteiger partial charge in [0.05, 0.1) is 18.6 Å². The molecule has 0 bridgehead atoms. The van der Waals surface area contributed by atoms with Crippen molar-refractivity contribution in [3.05, 3.63) is 11.6 Å². The van der Waals surface area contributed by atoms with Crippen molar-refractivity contribution >= 4 is 12.0 Å². The van der Waals surface area contributed by atoms with Crippen LogP contribution >= 0.6 is 0 Å². The third-order valence-corrected chi connectivity index (χ3v) is 7.80. The Labute approximate surface area is 216 Å². The van der Waals surface area contributed by atoms with E-state index in [0.717, 1.165) is 25.8 Å². The highest BCUT2D eigenvalue weighted by molar-refractivity contribution is 5.85. The van der Waals surface area contributed by atoms with Gasteiger partial charge in [-0.1, -0.05) is 25.5 Å². The Hall–Kier alpha value is -1.68. The minimum atomic E-state index is -0.673. The van der Waals surface area contributed by atoms with Gasteiger partial charge in [-0.15, -0.1) is 0 Å². The zero-order valence-electron chi connectivity index (χ0n) is 23.4. The fraction of sp³-hybridized carbons (Fsp3) is 0.852. The van der Waals surface area contributed by atoms with Gasteiger partial charge in [-0.3, -0.25) is 4.79 Å². The summed E-state index contributed by atoms with van der Waals surface area (Å²) in [4.78, 5) is 27.8. The number of allylic oxidation sites excluding steroid dienone is 1. The first-order valence-electron chi connectivity index (χ1n) is 13.3. The number of hydrogen-bond acceptors (Lipinski definition) is 7. The molecule has 9 nitrogen and oxygen atoms in total. The second-order valence-electron chi connectivity index (χ2n) is 11.6. The number of hydrogen-bond donors (Lipinski definition) is 2. The van der Waals surface area contributed by atoms with E-state index >= 15 is 0 Å². The number of alkyl carbamates (subject to hydrolysis) is 1. The van der Waals surface area contributed by atoms with Gasteiger partial charge in [0.1, 0.15) is 29.5 Å². The van der Waals surface area contributed by atoms with Crippen molar-refractivity contribution in [1.29, 1.82) is 0 Å². The van der Waals surface area contributed by atoms with Crippen LogP contribution in [-0.2, 0) is 23.7 Å². The van der Waals surface area contributed by atoms with Crippen LogP contribution in [-0.4, -0.2) is 93.4 Å². The normalized spacial score (nSPS) is 33.8. The Morgan fingerprint density at radius 2 is 1.94 bits per heavy atom. The average molecular weight is 510 g/mol. The van der Waals surface area contributed by atoms with Crippen LogP contribution in [0.2, 0.25) is 0 Å². The summed E-state index contributed by atoms with van der Waals surface area (Å²) in [5.74, 6) is -0.323. The first-order chi connectivity index (χ1) is 16.9. The minimum Gasteiger partial charge on any atom is -0.443 e. The molecular weight excluding hydrogens is 462 g/mol. The molecule has 3 fully saturated rings. The van der Waals surface area contributed by atoms with Gasteiger partial charge in [-0.2, -0.15) is 0 Å². The first kappa shape index (κ1) is 28.9. The van der Waals surface area contributed by atoms with Crippen molar-refractivity contribution in [1.82, 2.24) is 15.5 Å². The fourth-order valence-electron chi connectivity index (χ4n) is 5.62. The third kappa shape index (κ3) is 6.79. The third-order valence-electron chi connectivity index (χ3n) is 7.80. The molecule has 3 rings (SSSR count). The molecule has 2 amide bonds. The molecule has 206 valence electrons. The maximum absolute atomic E-state index is 13.0. The number of amides is 2. The Bertz CT molecular complexity index is 807. The summed E-state index contributed by atoms with van der Waals surface area (Å²) in [6.07, 6.45) is 3.98. The highest BCUT2D eigenvalue weighted by Gasteiger charge is 2.72. The van der Waals surface area contributed by atoms with Crippen LogP contribution < -0.4 is 10.6 Å². The highest BCUT2D eigenvalue weighted by atomic mass is 16.6. The number of carbonyl (C=O) groups excluding carboxylic acids is 2. The van der Waals surface area contributed by atoms with Crippen LogP contribution in [0.3, 0.4) is 0 Å². The number of epoxide rings is 2. The quantitative estimate of drug-likeness (QED) is 0.237. The van der Waals surface area contributed by atoms with Gasteiger partial charge in [0.2, 0.25) is 5.91 Å². The molecule has 2 N–H and O–H groups in total. The Morgan fingerprint density at radius 3 is 2.50 bits per heavy atom. The standard InChI is InChI=1S/C27H47N3O6/c1-17(2)10-11-20-26(5,36-20)23-22(33-8)19(12-13-27(23)16-34-27)35-25(32)29-21(18(3)4)24(31)28-14-9-15-30(6)7/h10,18-23H,9,11-16H2,1-8H3,(H,28,31)(H,29,32)/t19-,20-,21-,22-,23-,26-,27+/m1/s1.